The third-order valence-corrected chi connectivity index (χ3v) is 3.50. The first-order valence-electron chi connectivity index (χ1n) is 7.17. The minimum absolute atomic E-state index is 0.102. The highest BCUT2D eigenvalue weighted by Gasteiger charge is 2.21. The van der Waals surface area contributed by atoms with Crippen molar-refractivity contribution in [3.63, 3.8) is 0 Å². The molecule has 0 fully saturated rings. The van der Waals surface area contributed by atoms with Crippen LogP contribution in [0, 0.1) is 0 Å². The number of benzene rings is 1. The molecule has 8 nitrogen and oxygen atoms in total. The summed E-state index contributed by atoms with van der Waals surface area (Å²) in [6, 6.07) is 8.29. The Bertz CT molecular complexity index is 1030. The summed E-state index contributed by atoms with van der Waals surface area (Å²) in [4.78, 5) is 38.5. The van der Waals surface area contributed by atoms with E-state index in [1.54, 1.807) is 30.6 Å². The first-order valence-corrected chi connectivity index (χ1v) is 7.17. The molecular formula is C17H12N2O6. The number of fused-ring (bicyclic) bond motifs is 1. The molecule has 0 radical (unpaired) electrons. The summed E-state index contributed by atoms with van der Waals surface area (Å²) in [5.41, 5.74) is -0.127. The summed E-state index contributed by atoms with van der Waals surface area (Å²) in [7, 11) is 0. The molecule has 3 rings (SSSR count). The van der Waals surface area contributed by atoms with Crippen LogP contribution in [0.5, 0.6) is 5.75 Å². The van der Waals surface area contributed by atoms with Gasteiger partial charge in [0.25, 0.3) is 5.91 Å². The second-order valence-electron chi connectivity index (χ2n) is 5.14. The van der Waals surface area contributed by atoms with Crippen LogP contribution in [0.1, 0.15) is 10.4 Å². The van der Waals surface area contributed by atoms with E-state index in [0.717, 1.165) is 5.56 Å². The third kappa shape index (κ3) is 3.18. The van der Waals surface area contributed by atoms with Gasteiger partial charge in [0, 0.05) is 18.0 Å². The monoisotopic (exact) mass is 340 g/mol. The number of hydrogen-bond acceptors (Lipinski definition) is 6. The van der Waals surface area contributed by atoms with Crippen molar-refractivity contribution in [2.75, 3.05) is 6.54 Å². The lowest BCUT2D eigenvalue weighted by Crippen LogP contribution is -2.32. The standard InChI is InChI=1S/C17H12N2O6/c20-13(21)8-19-16(23)14-15(22)11-6-9(10-2-1-5-18-7-10)3-4-12(11)25-17(14)24/h1-7,22H,8H2,(H,19,23)(H,20,21). The van der Waals surface area contributed by atoms with Crippen LogP contribution in [0.2, 0.25) is 0 Å². The van der Waals surface area contributed by atoms with E-state index < -0.39 is 35.4 Å². The minimum Gasteiger partial charge on any atom is -0.506 e. The van der Waals surface area contributed by atoms with Crippen LogP contribution < -0.4 is 10.9 Å². The molecule has 2 aromatic heterocycles. The first kappa shape index (κ1) is 16.2. The van der Waals surface area contributed by atoms with E-state index in [1.807, 2.05) is 11.4 Å². The van der Waals surface area contributed by atoms with Gasteiger partial charge < -0.3 is 19.9 Å². The zero-order valence-electron chi connectivity index (χ0n) is 12.7. The quantitative estimate of drug-likeness (QED) is 0.612. The lowest BCUT2D eigenvalue weighted by Gasteiger charge is -2.08. The van der Waals surface area contributed by atoms with Crippen LogP contribution in [-0.2, 0) is 4.79 Å². The van der Waals surface area contributed by atoms with Crippen LogP contribution in [-0.4, -0.2) is 33.6 Å². The molecule has 0 spiro atoms. The molecule has 0 aliphatic rings. The third-order valence-electron chi connectivity index (χ3n) is 3.50. The van der Waals surface area contributed by atoms with Gasteiger partial charge in [0.05, 0.1) is 5.39 Å². The van der Waals surface area contributed by atoms with Crippen molar-refractivity contribution >= 4 is 22.8 Å². The van der Waals surface area contributed by atoms with Crippen LogP contribution in [0.3, 0.4) is 0 Å². The number of aromatic hydroxyl groups is 1. The predicted octanol–water partition coefficient (Wildman–Crippen LogP) is 1.37. The molecule has 25 heavy (non-hydrogen) atoms. The van der Waals surface area contributed by atoms with Gasteiger partial charge in [-0.05, 0) is 23.8 Å². The number of carboxylic acids is 1. The molecule has 0 unspecified atom stereocenters. The Labute approximate surface area is 140 Å². The van der Waals surface area contributed by atoms with E-state index in [0.29, 0.717) is 5.56 Å². The van der Waals surface area contributed by atoms with Gasteiger partial charge >= 0.3 is 11.6 Å². The van der Waals surface area contributed by atoms with Crippen LogP contribution >= 0.6 is 0 Å². The topological polar surface area (TPSA) is 130 Å². The highest BCUT2D eigenvalue weighted by Crippen LogP contribution is 2.30. The van der Waals surface area contributed by atoms with Gasteiger partial charge in [-0.15, -0.1) is 0 Å². The molecule has 1 aromatic carbocycles. The van der Waals surface area contributed by atoms with Gasteiger partial charge in [-0.1, -0.05) is 12.1 Å². The van der Waals surface area contributed by atoms with E-state index in [-0.39, 0.29) is 11.0 Å². The molecule has 3 aromatic rings. The van der Waals surface area contributed by atoms with Gasteiger partial charge in [-0.3, -0.25) is 14.6 Å². The summed E-state index contributed by atoms with van der Waals surface area (Å²) in [6.45, 7) is -0.689. The smallest absolute Gasteiger partial charge is 0.353 e. The maximum atomic E-state index is 12.0. The Balaban J connectivity index is 2.12. The molecule has 0 aliphatic carbocycles. The van der Waals surface area contributed by atoms with E-state index >= 15 is 0 Å². The number of pyridine rings is 1. The van der Waals surface area contributed by atoms with Crippen molar-refractivity contribution in [2.24, 2.45) is 0 Å². The fourth-order valence-electron chi connectivity index (χ4n) is 2.34. The molecule has 0 saturated carbocycles. The molecule has 8 heteroatoms. The summed E-state index contributed by atoms with van der Waals surface area (Å²) in [5.74, 6) is -2.88. The molecule has 0 saturated heterocycles. The number of carbonyl (C=O) groups is 2. The Hall–Kier alpha value is -3.68. The van der Waals surface area contributed by atoms with Crippen molar-refractivity contribution in [1.82, 2.24) is 10.3 Å². The average molecular weight is 340 g/mol. The number of carboxylic acid groups (broad SMARTS) is 1. The molecule has 2 heterocycles. The number of hydrogen-bond donors (Lipinski definition) is 3. The van der Waals surface area contributed by atoms with Crippen molar-refractivity contribution < 1.29 is 24.2 Å². The Morgan fingerprint density at radius 2 is 2.00 bits per heavy atom. The van der Waals surface area contributed by atoms with Gasteiger partial charge in [-0.2, -0.15) is 0 Å². The second kappa shape index (κ2) is 6.44. The molecule has 0 bridgehead atoms. The predicted molar refractivity (Wildman–Crippen MR) is 87.3 cm³/mol. The number of nitrogens with zero attached hydrogens (tertiary/aromatic N) is 1. The molecule has 0 atom stereocenters. The number of aromatic nitrogens is 1. The van der Waals surface area contributed by atoms with Crippen molar-refractivity contribution in [1.29, 1.82) is 0 Å². The zero-order chi connectivity index (χ0) is 18.0. The number of rotatable bonds is 4. The average Bonchev–Trinajstić information content (AvgIpc) is 2.60. The Kier molecular flexibility index (Phi) is 4.17. The lowest BCUT2D eigenvalue weighted by molar-refractivity contribution is -0.135. The maximum Gasteiger partial charge on any atom is 0.353 e. The second-order valence-corrected chi connectivity index (χ2v) is 5.14. The van der Waals surface area contributed by atoms with Crippen LogP contribution in [0.15, 0.2) is 51.9 Å². The number of amides is 1. The summed E-state index contributed by atoms with van der Waals surface area (Å²) in [6.07, 6.45) is 3.24. The Morgan fingerprint density at radius 3 is 2.68 bits per heavy atom. The minimum atomic E-state index is -1.28. The number of aliphatic carboxylic acids is 1. The highest BCUT2D eigenvalue weighted by molar-refractivity contribution is 6.02. The van der Waals surface area contributed by atoms with E-state index in [9.17, 15) is 19.5 Å². The summed E-state index contributed by atoms with van der Waals surface area (Å²) in [5, 5.41) is 21.1. The fourth-order valence-corrected chi connectivity index (χ4v) is 2.34. The van der Waals surface area contributed by atoms with Crippen molar-refractivity contribution in [3.8, 4) is 16.9 Å². The summed E-state index contributed by atoms with van der Waals surface area (Å²) < 4.78 is 5.05. The summed E-state index contributed by atoms with van der Waals surface area (Å²) >= 11 is 0. The largest absolute Gasteiger partial charge is 0.506 e. The fraction of sp³-hybridized carbons (Fsp3) is 0.0588. The molecule has 126 valence electrons. The molecule has 1 amide bonds. The molecule has 3 N–H and O–H groups in total. The lowest BCUT2D eigenvalue weighted by atomic mass is 10.0. The van der Waals surface area contributed by atoms with Gasteiger partial charge in [0.2, 0.25) is 0 Å². The van der Waals surface area contributed by atoms with E-state index in [4.69, 9.17) is 9.52 Å². The SMILES string of the molecule is O=C(O)CNC(=O)c1c(O)c2cc(-c3cccnc3)ccc2oc1=O. The van der Waals surface area contributed by atoms with E-state index in [1.165, 1.54) is 6.07 Å². The number of carbonyl (C=O) groups excluding carboxylic acids is 1. The molecular weight excluding hydrogens is 328 g/mol. The van der Waals surface area contributed by atoms with Gasteiger partial charge in [0.1, 0.15) is 17.9 Å². The Morgan fingerprint density at radius 1 is 1.20 bits per heavy atom. The first-order chi connectivity index (χ1) is 12.0. The zero-order valence-corrected chi connectivity index (χ0v) is 12.7. The van der Waals surface area contributed by atoms with Gasteiger partial charge in [-0.25, -0.2) is 4.79 Å². The van der Waals surface area contributed by atoms with Crippen molar-refractivity contribution in [2.45, 2.75) is 0 Å². The van der Waals surface area contributed by atoms with Gasteiger partial charge in [0.15, 0.2) is 5.56 Å². The van der Waals surface area contributed by atoms with Crippen LogP contribution in [0.4, 0.5) is 0 Å². The maximum absolute atomic E-state index is 12.0. The molecule has 0 aliphatic heterocycles. The number of nitrogens with one attached hydrogen (secondary N) is 1. The normalized spacial score (nSPS) is 10.6. The van der Waals surface area contributed by atoms with Crippen LogP contribution in [0.25, 0.3) is 22.1 Å². The van der Waals surface area contributed by atoms with Crippen molar-refractivity contribution in [3.05, 3.63) is 58.7 Å². The highest BCUT2D eigenvalue weighted by atomic mass is 16.4. The van der Waals surface area contributed by atoms with E-state index in [2.05, 4.69) is 4.98 Å².